The maximum absolute atomic E-state index is 13.0. The van der Waals surface area contributed by atoms with Crippen LogP contribution >= 0.6 is 0 Å². The number of benzene rings is 3. The molecule has 0 saturated heterocycles. The molecule has 0 N–H and O–H groups in total. The normalized spacial score (nSPS) is 11.6. The molecule has 4 rings (SSSR count). The van der Waals surface area contributed by atoms with Gasteiger partial charge in [0.2, 0.25) is 5.82 Å². The quantitative estimate of drug-likeness (QED) is 0.414. The smallest absolute Gasteiger partial charge is 0.329 e. The zero-order valence-corrected chi connectivity index (χ0v) is 16.3. The minimum absolute atomic E-state index is 0.138. The summed E-state index contributed by atoms with van der Waals surface area (Å²) in [6.45, 7) is 0.138. The molecule has 0 bridgehead atoms. The second kappa shape index (κ2) is 8.19. The molecule has 1 amide bonds. The van der Waals surface area contributed by atoms with Gasteiger partial charge in [-0.15, -0.1) is 0 Å². The number of carbonyl (C=O) groups is 1. The Bertz CT molecular complexity index is 1210. The predicted octanol–water partition coefficient (Wildman–Crippen LogP) is 5.11. The minimum Gasteiger partial charge on any atom is -0.329 e. The summed E-state index contributed by atoms with van der Waals surface area (Å²) in [5.41, 5.74) is 1.56. The number of fused-ring (bicyclic) bond motifs is 1. The van der Waals surface area contributed by atoms with Crippen molar-refractivity contribution in [1.82, 2.24) is 15.2 Å². The van der Waals surface area contributed by atoms with Gasteiger partial charge in [-0.3, -0.25) is 9.63 Å². The van der Waals surface area contributed by atoms with Gasteiger partial charge in [0.15, 0.2) is 0 Å². The Hall–Kier alpha value is -3.72. The van der Waals surface area contributed by atoms with Crippen molar-refractivity contribution in [3.05, 3.63) is 83.7 Å². The van der Waals surface area contributed by atoms with E-state index in [1.807, 2.05) is 30.3 Å². The standard InChI is InChI=1S/C22H16F3N3O3/c1-30-28(20(29)18-8-4-6-15-5-2-3-7-17(15)18)13-14-9-11-16(12-10-14)19-26-21(31-27-19)22(23,24)25/h2-12H,13H2,1H3. The number of hydroxylamine groups is 2. The predicted molar refractivity (Wildman–Crippen MR) is 106 cm³/mol. The van der Waals surface area contributed by atoms with Crippen molar-refractivity contribution < 1.29 is 27.3 Å². The second-order valence-corrected chi connectivity index (χ2v) is 6.67. The number of amides is 1. The summed E-state index contributed by atoms with van der Waals surface area (Å²) in [5, 5.41) is 6.32. The highest BCUT2D eigenvalue weighted by atomic mass is 19.4. The van der Waals surface area contributed by atoms with Crippen LogP contribution < -0.4 is 0 Å². The molecular weight excluding hydrogens is 411 g/mol. The van der Waals surface area contributed by atoms with E-state index in [1.54, 1.807) is 36.4 Å². The number of hydrogen-bond acceptors (Lipinski definition) is 5. The van der Waals surface area contributed by atoms with E-state index in [0.717, 1.165) is 10.8 Å². The molecule has 0 unspecified atom stereocenters. The van der Waals surface area contributed by atoms with Gasteiger partial charge in [0.05, 0.1) is 13.7 Å². The molecule has 9 heteroatoms. The molecule has 6 nitrogen and oxygen atoms in total. The molecule has 0 aliphatic rings. The zero-order chi connectivity index (χ0) is 22.0. The highest BCUT2D eigenvalue weighted by Crippen LogP contribution is 2.29. The molecule has 31 heavy (non-hydrogen) atoms. The molecule has 3 aromatic carbocycles. The molecular formula is C22H16F3N3O3. The highest BCUT2D eigenvalue weighted by Gasteiger charge is 2.38. The fourth-order valence-corrected chi connectivity index (χ4v) is 3.15. The first-order valence-corrected chi connectivity index (χ1v) is 9.21. The van der Waals surface area contributed by atoms with Crippen molar-refractivity contribution in [2.24, 2.45) is 0 Å². The third-order valence-electron chi connectivity index (χ3n) is 4.67. The Labute approximate surface area is 174 Å². The van der Waals surface area contributed by atoms with Gasteiger partial charge in [-0.1, -0.05) is 65.8 Å². The van der Waals surface area contributed by atoms with Gasteiger partial charge in [0.1, 0.15) is 0 Å². The van der Waals surface area contributed by atoms with Crippen molar-refractivity contribution in [2.45, 2.75) is 12.7 Å². The lowest BCUT2D eigenvalue weighted by atomic mass is 10.0. The van der Waals surface area contributed by atoms with Gasteiger partial charge in [-0.05, 0) is 22.4 Å². The molecule has 0 atom stereocenters. The van der Waals surface area contributed by atoms with Gasteiger partial charge < -0.3 is 4.52 Å². The van der Waals surface area contributed by atoms with Crippen LogP contribution in [0.4, 0.5) is 13.2 Å². The van der Waals surface area contributed by atoms with E-state index in [-0.39, 0.29) is 18.3 Å². The first kappa shape index (κ1) is 20.5. The SMILES string of the molecule is CON(Cc1ccc(-c2noc(C(F)(F)F)n2)cc1)C(=O)c1cccc2ccccc12. The van der Waals surface area contributed by atoms with Gasteiger partial charge in [-0.25, -0.2) is 5.06 Å². The molecule has 0 fully saturated rings. The Morgan fingerprint density at radius 3 is 2.42 bits per heavy atom. The molecule has 1 aromatic heterocycles. The van der Waals surface area contributed by atoms with Crippen LogP contribution in [-0.2, 0) is 17.6 Å². The Morgan fingerprint density at radius 2 is 1.74 bits per heavy atom. The average molecular weight is 427 g/mol. The molecule has 158 valence electrons. The number of rotatable bonds is 5. The number of hydrogen-bond donors (Lipinski definition) is 0. The lowest BCUT2D eigenvalue weighted by Gasteiger charge is -2.20. The van der Waals surface area contributed by atoms with E-state index in [1.165, 1.54) is 12.2 Å². The highest BCUT2D eigenvalue weighted by molar-refractivity contribution is 6.06. The van der Waals surface area contributed by atoms with Crippen LogP contribution in [0.3, 0.4) is 0 Å². The summed E-state index contributed by atoms with van der Waals surface area (Å²) in [6.07, 6.45) is -4.70. The molecule has 0 radical (unpaired) electrons. The third-order valence-corrected chi connectivity index (χ3v) is 4.67. The van der Waals surface area contributed by atoms with Crippen LogP contribution in [0, 0.1) is 0 Å². The largest absolute Gasteiger partial charge is 0.471 e. The maximum Gasteiger partial charge on any atom is 0.471 e. The van der Waals surface area contributed by atoms with E-state index < -0.39 is 12.1 Å². The van der Waals surface area contributed by atoms with Crippen LogP contribution in [0.5, 0.6) is 0 Å². The van der Waals surface area contributed by atoms with Crippen molar-refractivity contribution in [3.63, 3.8) is 0 Å². The van der Waals surface area contributed by atoms with Gasteiger partial charge in [0.25, 0.3) is 5.91 Å². The summed E-state index contributed by atoms with van der Waals surface area (Å²) in [4.78, 5) is 21.7. The maximum atomic E-state index is 13.0. The summed E-state index contributed by atoms with van der Waals surface area (Å²) < 4.78 is 42.1. The molecule has 0 aliphatic heterocycles. The summed E-state index contributed by atoms with van der Waals surface area (Å²) >= 11 is 0. The third kappa shape index (κ3) is 4.26. The fourth-order valence-electron chi connectivity index (χ4n) is 3.15. The van der Waals surface area contributed by atoms with E-state index in [4.69, 9.17) is 4.84 Å². The first-order valence-electron chi connectivity index (χ1n) is 9.21. The summed E-state index contributed by atoms with van der Waals surface area (Å²) in [6, 6.07) is 19.4. The lowest BCUT2D eigenvalue weighted by molar-refractivity contribution is -0.159. The van der Waals surface area contributed by atoms with Crippen molar-refractivity contribution >= 4 is 16.7 Å². The molecule has 4 aromatic rings. The molecule has 0 saturated carbocycles. The van der Waals surface area contributed by atoms with Crippen molar-refractivity contribution in [2.75, 3.05) is 7.11 Å². The molecule has 1 heterocycles. The van der Waals surface area contributed by atoms with Gasteiger partial charge in [-0.2, -0.15) is 18.2 Å². The molecule has 0 aliphatic carbocycles. The Kier molecular flexibility index (Phi) is 5.43. The zero-order valence-electron chi connectivity index (χ0n) is 16.3. The summed E-state index contributed by atoms with van der Waals surface area (Å²) in [7, 11) is 1.40. The van der Waals surface area contributed by atoms with Crippen molar-refractivity contribution in [1.29, 1.82) is 0 Å². The van der Waals surface area contributed by atoms with Gasteiger partial charge in [0, 0.05) is 11.1 Å². The second-order valence-electron chi connectivity index (χ2n) is 6.67. The molecule has 0 spiro atoms. The van der Waals surface area contributed by atoms with Crippen LogP contribution in [0.25, 0.3) is 22.2 Å². The van der Waals surface area contributed by atoms with Crippen LogP contribution in [0.2, 0.25) is 0 Å². The first-order chi connectivity index (χ1) is 14.9. The van der Waals surface area contributed by atoms with E-state index in [9.17, 15) is 18.0 Å². The van der Waals surface area contributed by atoms with Crippen molar-refractivity contribution in [3.8, 4) is 11.4 Å². The van der Waals surface area contributed by atoms with E-state index >= 15 is 0 Å². The number of alkyl halides is 3. The summed E-state index contributed by atoms with van der Waals surface area (Å²) in [5.74, 6) is -1.89. The van der Waals surface area contributed by atoms with Gasteiger partial charge >= 0.3 is 12.1 Å². The lowest BCUT2D eigenvalue weighted by Crippen LogP contribution is -2.29. The van der Waals surface area contributed by atoms with Crippen LogP contribution in [0.1, 0.15) is 21.8 Å². The van der Waals surface area contributed by atoms with Crippen LogP contribution in [0.15, 0.2) is 71.3 Å². The van der Waals surface area contributed by atoms with E-state index in [2.05, 4.69) is 14.7 Å². The number of halogens is 3. The topological polar surface area (TPSA) is 68.5 Å². The fraction of sp³-hybridized carbons (Fsp3) is 0.136. The van der Waals surface area contributed by atoms with E-state index in [0.29, 0.717) is 16.7 Å². The minimum atomic E-state index is -4.70. The number of carbonyl (C=O) groups excluding carboxylic acids is 1. The number of aromatic nitrogens is 2. The Balaban J connectivity index is 1.53. The monoisotopic (exact) mass is 427 g/mol. The Morgan fingerprint density at radius 1 is 1.03 bits per heavy atom. The van der Waals surface area contributed by atoms with Crippen LogP contribution in [-0.4, -0.2) is 28.2 Å². The average Bonchev–Trinajstić information content (AvgIpc) is 3.28. The number of nitrogens with zero attached hydrogens (tertiary/aromatic N) is 3.